The van der Waals surface area contributed by atoms with Gasteiger partial charge in [0.25, 0.3) is 0 Å². The van der Waals surface area contributed by atoms with Crippen molar-refractivity contribution in [3.8, 4) is 0 Å². The van der Waals surface area contributed by atoms with Crippen LogP contribution in [0.15, 0.2) is 0 Å². The van der Waals surface area contributed by atoms with Crippen LogP contribution in [0.3, 0.4) is 0 Å². The van der Waals surface area contributed by atoms with Crippen LogP contribution in [0.5, 0.6) is 0 Å². The van der Waals surface area contributed by atoms with Crippen molar-refractivity contribution in [2.45, 2.75) is 350 Å². The zero-order valence-electron chi connectivity index (χ0n) is 61.0. The lowest BCUT2D eigenvalue weighted by atomic mass is 9.90. The van der Waals surface area contributed by atoms with Crippen LogP contribution in [-0.2, 0) is 52.3 Å². The number of esters is 3. The Bertz CT molecular complexity index is 1450. The highest BCUT2D eigenvalue weighted by molar-refractivity contribution is 7.99. The molecule has 86 heavy (non-hydrogen) atoms. The summed E-state index contributed by atoms with van der Waals surface area (Å²) in [7, 11) is 0. The van der Waals surface area contributed by atoms with Gasteiger partial charge < -0.3 is 43.6 Å². The Balaban J connectivity index is -0.000000118. The van der Waals surface area contributed by atoms with Gasteiger partial charge in [0.1, 0.15) is 6.10 Å². The number of rotatable bonds is 27. The molecule has 0 saturated carbocycles. The lowest BCUT2D eigenvalue weighted by Gasteiger charge is -2.25. The summed E-state index contributed by atoms with van der Waals surface area (Å²) in [6, 6.07) is 0. The third kappa shape index (κ3) is 101. The molecule has 0 radical (unpaired) electrons. The van der Waals surface area contributed by atoms with Crippen LogP contribution in [0.25, 0.3) is 0 Å². The maximum Gasteiger partial charge on any atom is 0.311 e. The molecule has 526 valence electrons. The highest BCUT2D eigenvalue weighted by atomic mass is 32.2. The second-order valence-corrected chi connectivity index (χ2v) is 33.3. The summed E-state index contributed by atoms with van der Waals surface area (Å²) in [6.45, 7) is 71.3. The predicted molar refractivity (Wildman–Crippen MR) is 375 cm³/mol. The smallest absolute Gasteiger partial charge is 0.311 e. The minimum atomic E-state index is -0.806. The van der Waals surface area contributed by atoms with Gasteiger partial charge in [-0.25, -0.2) is 0 Å². The van der Waals surface area contributed by atoms with Crippen LogP contribution >= 0.6 is 11.8 Å². The second-order valence-electron chi connectivity index (χ2n) is 32.1. The van der Waals surface area contributed by atoms with Crippen LogP contribution < -0.4 is 5.32 Å². The number of hydrogen-bond acceptors (Lipinski definition) is 13. The van der Waals surface area contributed by atoms with Gasteiger partial charge in [-0.3, -0.25) is 19.2 Å². The first-order valence-electron chi connectivity index (χ1n) is 31.6. The third-order valence-electron chi connectivity index (χ3n) is 10.6. The molecule has 0 unspecified atom stereocenters. The quantitative estimate of drug-likeness (QED) is 0.0454. The van der Waals surface area contributed by atoms with E-state index in [0.29, 0.717) is 60.4 Å². The fourth-order valence-electron chi connectivity index (χ4n) is 5.95. The summed E-state index contributed by atoms with van der Waals surface area (Å²) < 4.78 is 36.6. The zero-order valence-corrected chi connectivity index (χ0v) is 61.9. The Morgan fingerprint density at radius 2 is 0.767 bits per heavy atom. The molecule has 13 nitrogen and oxygen atoms in total. The fourth-order valence-corrected chi connectivity index (χ4v) is 6.85. The largest absolute Gasteiger partial charge is 0.463 e. The van der Waals surface area contributed by atoms with Gasteiger partial charge in [0.2, 0.25) is 12.2 Å². The summed E-state index contributed by atoms with van der Waals surface area (Å²) in [4.78, 5) is 44.5. The van der Waals surface area contributed by atoms with Crippen molar-refractivity contribution in [3.05, 3.63) is 0 Å². The van der Waals surface area contributed by atoms with Gasteiger partial charge >= 0.3 is 17.9 Å². The van der Waals surface area contributed by atoms with E-state index in [9.17, 15) is 24.3 Å². The van der Waals surface area contributed by atoms with E-state index in [4.69, 9.17) is 33.2 Å². The molecule has 0 spiro atoms. The van der Waals surface area contributed by atoms with Crippen LogP contribution in [0.1, 0.15) is 315 Å². The van der Waals surface area contributed by atoms with Gasteiger partial charge in [0, 0.05) is 45.1 Å². The fraction of sp³-hybridized carbons (Fsp3) is 0.944. The topological polar surface area (TPSA) is 165 Å². The van der Waals surface area contributed by atoms with Gasteiger partial charge in [-0.2, -0.15) is 11.8 Å². The lowest BCUT2D eigenvalue weighted by molar-refractivity contribution is -0.189. The highest BCUT2D eigenvalue weighted by Crippen LogP contribution is 2.25. The number of aliphatic hydroxyl groups is 1. The standard InChI is InChI=1S/C14H30O.C14H30S.C12H25NO2.C11H24O3.C10H18O4.C8H16O2.3CH4/c2*1-13(2,3)9-7-11-15-12-8-10-14(4,5)6;1-11(2,3)10(14)13-8-7-9-15-12(4,5)6;1-10(2,3)13-7-9(12)8-14-11(4,5)6;1-6(2)9(11)13-8(5)14-10(12)7(3)4;1-6(2)5-8(9)10-7(3)4;;;/h2*7-12H2,1-6H3;7-9H2,1-6H3,(H,13,14);9,12H,7-8H2,1-6H3;6-8H,1-5H3;6-7H,5H2,1-4H3;3*1H4. The average Bonchev–Trinajstić information content (AvgIpc) is 3.24. The molecule has 0 aromatic heterocycles. The van der Waals surface area contributed by atoms with E-state index in [0.717, 1.165) is 19.6 Å². The number of carbonyl (C=O) groups excluding carboxylic acids is 4. The summed E-state index contributed by atoms with van der Waals surface area (Å²) in [6.07, 6.45) is 10.4. The van der Waals surface area contributed by atoms with Crippen molar-refractivity contribution in [2.75, 3.05) is 51.1 Å². The van der Waals surface area contributed by atoms with E-state index in [1.54, 1.807) is 27.7 Å². The predicted octanol–water partition coefficient (Wildman–Crippen LogP) is 20.0. The van der Waals surface area contributed by atoms with Crippen LogP contribution in [0.2, 0.25) is 0 Å². The minimum absolute atomic E-state index is 0. The molecule has 2 N–H and O–H groups in total. The molecule has 1 amide bonds. The molecular formula is C72H155NO12S. The number of amides is 1. The van der Waals surface area contributed by atoms with Crippen LogP contribution in [0.4, 0.5) is 0 Å². The Morgan fingerprint density at radius 3 is 1.03 bits per heavy atom. The number of aliphatic hydroxyl groups excluding tert-OH is 1. The van der Waals surface area contributed by atoms with Gasteiger partial charge in [-0.05, 0) is 173 Å². The van der Waals surface area contributed by atoms with Crippen molar-refractivity contribution in [3.63, 3.8) is 0 Å². The SMILES string of the molecule is C.C.C.CC(C)(C)CCCOCCCC(C)(C)C.CC(C)(C)CCCSCCCC(C)(C)C.CC(C)(C)OCC(O)COC(C)(C)C.CC(C)(C)OCCCNC(=O)C(C)(C)C.CC(C)CC(=O)OC(C)C.CC(OC(=O)C(C)C)OC(=O)C(C)C. The summed E-state index contributed by atoms with van der Waals surface area (Å²) in [5.74, 6) is 1.94. The number of carbonyl (C=O) groups is 4. The number of nitrogens with one attached hydrogen (secondary N) is 1. The third-order valence-corrected chi connectivity index (χ3v) is 11.7. The molecule has 0 aromatic rings. The van der Waals surface area contributed by atoms with Crippen molar-refractivity contribution in [1.82, 2.24) is 5.32 Å². The molecule has 0 heterocycles. The zero-order chi connectivity index (χ0) is 66.9. The lowest BCUT2D eigenvalue weighted by Crippen LogP contribution is -2.35. The van der Waals surface area contributed by atoms with E-state index in [1.807, 2.05) is 111 Å². The van der Waals surface area contributed by atoms with Crippen molar-refractivity contribution < 1.29 is 57.4 Å². The van der Waals surface area contributed by atoms with Gasteiger partial charge in [-0.15, -0.1) is 0 Å². The molecule has 0 rings (SSSR count). The molecule has 0 fully saturated rings. The number of thioether (sulfide) groups is 1. The molecule has 0 bridgehead atoms. The van der Waals surface area contributed by atoms with E-state index < -0.39 is 12.4 Å². The monoisotopic (exact) mass is 1260 g/mol. The van der Waals surface area contributed by atoms with E-state index in [1.165, 1.54) is 69.8 Å². The number of ether oxygens (including phenoxy) is 7. The molecule has 14 heteroatoms. The van der Waals surface area contributed by atoms with Crippen molar-refractivity contribution in [1.29, 1.82) is 0 Å². The molecule has 0 atom stereocenters. The minimum Gasteiger partial charge on any atom is -0.463 e. The first-order chi connectivity index (χ1) is 37.0. The highest BCUT2D eigenvalue weighted by Gasteiger charge is 2.22. The Labute approximate surface area is 542 Å². The van der Waals surface area contributed by atoms with Crippen molar-refractivity contribution >= 4 is 35.6 Å². The molecule has 0 aliphatic carbocycles. The molecule has 0 aliphatic heterocycles. The van der Waals surface area contributed by atoms with Crippen LogP contribution in [-0.4, -0.2) is 115 Å². The normalized spacial score (nSPS) is 12.0. The van der Waals surface area contributed by atoms with E-state index in [-0.39, 0.29) is 86.3 Å². The van der Waals surface area contributed by atoms with Crippen LogP contribution in [0, 0.1) is 44.8 Å². The second kappa shape index (κ2) is 52.6. The Kier molecular flexibility index (Phi) is 63.0. The Hall–Kier alpha value is -1.97. The van der Waals surface area contributed by atoms with E-state index >= 15 is 0 Å². The maximum atomic E-state index is 11.5. The number of hydrogen-bond donors (Lipinski definition) is 2. The molecular weight excluding hydrogens is 1100 g/mol. The van der Waals surface area contributed by atoms with Crippen molar-refractivity contribution in [2.24, 2.45) is 44.8 Å². The first-order valence-corrected chi connectivity index (χ1v) is 32.8. The summed E-state index contributed by atoms with van der Waals surface area (Å²) >= 11 is 2.13. The summed E-state index contributed by atoms with van der Waals surface area (Å²) in [5, 5.41) is 12.4. The van der Waals surface area contributed by atoms with Gasteiger partial charge in [-0.1, -0.05) is 168 Å². The van der Waals surface area contributed by atoms with Gasteiger partial charge in [0.05, 0.1) is 48.0 Å². The average molecular weight is 1260 g/mol. The Morgan fingerprint density at radius 1 is 0.442 bits per heavy atom. The molecule has 0 saturated heterocycles. The molecule has 0 aromatic carbocycles. The first kappa shape index (κ1) is 103. The summed E-state index contributed by atoms with van der Waals surface area (Å²) in [5.41, 5.74) is 1.14. The van der Waals surface area contributed by atoms with E-state index in [2.05, 4.69) is 100 Å². The van der Waals surface area contributed by atoms with Gasteiger partial charge in [0.15, 0.2) is 0 Å². The molecule has 0 aliphatic rings. The maximum absolute atomic E-state index is 11.5.